The van der Waals surface area contributed by atoms with Crippen LogP contribution in [0.25, 0.3) is 6.08 Å². The predicted octanol–water partition coefficient (Wildman–Crippen LogP) is 4.14. The van der Waals surface area contributed by atoms with Gasteiger partial charge in [-0.05, 0) is 48.6 Å². The lowest BCUT2D eigenvalue weighted by Crippen LogP contribution is -2.30. The molecular weight excluding hydrogens is 322 g/mol. The Morgan fingerprint density at radius 3 is 2.71 bits per heavy atom. The number of hydrogen-bond donors (Lipinski definition) is 0. The zero-order valence-corrected chi connectivity index (χ0v) is 15.4. The second-order valence-electron chi connectivity index (χ2n) is 5.48. The number of aryl methyl sites for hydroxylation is 1. The van der Waals surface area contributed by atoms with Gasteiger partial charge in [0, 0.05) is 11.9 Å². The molecule has 0 saturated carbocycles. The molecule has 1 heterocycles. The molecular formula is C19H23NO3S. The fraction of sp³-hybridized carbons (Fsp3) is 0.316. The Morgan fingerprint density at radius 1 is 1.29 bits per heavy atom. The van der Waals surface area contributed by atoms with Crippen LogP contribution in [0, 0.1) is 6.92 Å². The number of hydrogen-bond acceptors (Lipinski definition) is 4. The van der Waals surface area contributed by atoms with E-state index in [2.05, 4.69) is 13.0 Å². The van der Waals surface area contributed by atoms with Gasteiger partial charge in [0.2, 0.25) is 0 Å². The lowest BCUT2D eigenvalue weighted by Gasteiger charge is -2.18. The van der Waals surface area contributed by atoms with Crippen molar-refractivity contribution in [2.24, 2.45) is 0 Å². The van der Waals surface area contributed by atoms with Gasteiger partial charge in [-0.3, -0.25) is 4.79 Å². The van der Waals surface area contributed by atoms with E-state index in [1.807, 2.05) is 42.7 Å². The lowest BCUT2D eigenvalue weighted by molar-refractivity contribution is -0.132. The maximum Gasteiger partial charge on any atom is 0.260 e. The Bertz CT molecular complexity index is 721. The number of carbonyl (C=O) groups excluding carboxylic acids is 1. The molecule has 0 aliphatic carbocycles. The number of benzene rings is 1. The van der Waals surface area contributed by atoms with Gasteiger partial charge in [-0.2, -0.15) is 0 Å². The molecule has 0 N–H and O–H groups in total. The van der Waals surface area contributed by atoms with E-state index < -0.39 is 0 Å². The first-order valence-corrected chi connectivity index (χ1v) is 8.63. The number of likely N-dealkylation sites (N-methyl/N-ethyl adjacent to an activating group) is 1. The van der Waals surface area contributed by atoms with Crippen molar-refractivity contribution in [3.8, 4) is 11.5 Å². The van der Waals surface area contributed by atoms with Gasteiger partial charge in [-0.25, -0.2) is 0 Å². The minimum absolute atomic E-state index is 0.0136. The van der Waals surface area contributed by atoms with Gasteiger partial charge in [0.1, 0.15) is 0 Å². The SMILES string of the molecule is C/C=C/c1ccc(OCC(=O)N(C)Cc2sccc2C)c(OC)c1. The van der Waals surface area contributed by atoms with Gasteiger partial charge in [-0.15, -0.1) is 11.3 Å². The zero-order valence-electron chi connectivity index (χ0n) is 14.5. The number of ether oxygens (including phenoxy) is 2. The predicted molar refractivity (Wildman–Crippen MR) is 98.7 cm³/mol. The van der Waals surface area contributed by atoms with E-state index in [4.69, 9.17) is 9.47 Å². The fourth-order valence-electron chi connectivity index (χ4n) is 2.22. The highest BCUT2D eigenvalue weighted by molar-refractivity contribution is 7.10. The van der Waals surface area contributed by atoms with E-state index in [1.54, 1.807) is 30.4 Å². The first-order valence-electron chi connectivity index (χ1n) is 7.75. The summed E-state index contributed by atoms with van der Waals surface area (Å²) in [6.45, 7) is 4.60. The summed E-state index contributed by atoms with van der Waals surface area (Å²) in [7, 11) is 3.38. The van der Waals surface area contributed by atoms with E-state index in [-0.39, 0.29) is 12.5 Å². The monoisotopic (exact) mass is 345 g/mol. The number of carbonyl (C=O) groups is 1. The van der Waals surface area contributed by atoms with Crippen LogP contribution in [0.15, 0.2) is 35.7 Å². The molecule has 2 rings (SSSR count). The molecule has 0 spiro atoms. The lowest BCUT2D eigenvalue weighted by atomic mass is 10.2. The van der Waals surface area contributed by atoms with Gasteiger partial charge in [0.15, 0.2) is 18.1 Å². The van der Waals surface area contributed by atoms with E-state index in [9.17, 15) is 4.79 Å². The van der Waals surface area contributed by atoms with E-state index in [0.717, 1.165) is 5.56 Å². The van der Waals surface area contributed by atoms with Crippen LogP contribution >= 0.6 is 11.3 Å². The molecule has 1 aromatic carbocycles. The summed E-state index contributed by atoms with van der Waals surface area (Å²) in [5.41, 5.74) is 2.24. The summed E-state index contributed by atoms with van der Waals surface area (Å²) < 4.78 is 11.0. The molecule has 5 heteroatoms. The smallest absolute Gasteiger partial charge is 0.260 e. The van der Waals surface area contributed by atoms with Crippen LogP contribution in [-0.4, -0.2) is 31.6 Å². The maximum absolute atomic E-state index is 12.3. The average Bonchev–Trinajstić information content (AvgIpc) is 2.98. The van der Waals surface area contributed by atoms with Crippen molar-refractivity contribution in [3.05, 3.63) is 51.7 Å². The number of thiophene rings is 1. The molecule has 1 aromatic heterocycles. The number of methoxy groups -OCH3 is 1. The van der Waals surface area contributed by atoms with Gasteiger partial charge >= 0.3 is 0 Å². The van der Waals surface area contributed by atoms with Crippen LogP contribution in [0.2, 0.25) is 0 Å². The molecule has 0 aliphatic heterocycles. The summed E-state index contributed by atoms with van der Waals surface area (Å²) in [5, 5.41) is 2.04. The van der Waals surface area contributed by atoms with Crippen molar-refractivity contribution in [3.63, 3.8) is 0 Å². The Kier molecular flexibility index (Phi) is 6.44. The average molecular weight is 345 g/mol. The van der Waals surface area contributed by atoms with Crippen molar-refractivity contribution in [2.45, 2.75) is 20.4 Å². The third-order valence-electron chi connectivity index (χ3n) is 3.67. The van der Waals surface area contributed by atoms with Gasteiger partial charge in [0.05, 0.1) is 13.7 Å². The molecule has 0 radical (unpaired) electrons. The summed E-state index contributed by atoms with van der Waals surface area (Å²) in [6.07, 6.45) is 3.94. The standard InChI is InChI=1S/C19H23NO3S/c1-5-6-15-7-8-16(17(11-15)22-4)23-13-19(21)20(3)12-18-14(2)9-10-24-18/h5-11H,12-13H2,1-4H3/b6-5+. The Balaban J connectivity index is 1.97. The topological polar surface area (TPSA) is 38.8 Å². The van der Waals surface area contributed by atoms with Crippen molar-refractivity contribution in [1.82, 2.24) is 4.90 Å². The molecule has 2 aromatic rings. The minimum atomic E-state index is -0.0672. The molecule has 4 nitrogen and oxygen atoms in total. The summed E-state index contributed by atoms with van der Waals surface area (Å²) in [4.78, 5) is 15.2. The molecule has 0 bridgehead atoms. The van der Waals surface area contributed by atoms with Crippen LogP contribution in [0.1, 0.15) is 22.9 Å². The normalized spacial score (nSPS) is 10.8. The van der Waals surface area contributed by atoms with E-state index in [0.29, 0.717) is 18.0 Å². The zero-order chi connectivity index (χ0) is 17.5. The van der Waals surface area contributed by atoms with Crippen molar-refractivity contribution < 1.29 is 14.3 Å². The van der Waals surface area contributed by atoms with E-state index in [1.165, 1.54) is 10.4 Å². The minimum Gasteiger partial charge on any atom is -0.493 e. The number of rotatable bonds is 7. The molecule has 0 fully saturated rings. The largest absolute Gasteiger partial charge is 0.493 e. The van der Waals surface area contributed by atoms with Gasteiger partial charge in [-0.1, -0.05) is 18.2 Å². The van der Waals surface area contributed by atoms with Crippen LogP contribution in [-0.2, 0) is 11.3 Å². The second-order valence-corrected chi connectivity index (χ2v) is 6.48. The molecule has 0 unspecified atom stereocenters. The van der Waals surface area contributed by atoms with Crippen molar-refractivity contribution in [2.75, 3.05) is 20.8 Å². The first kappa shape index (κ1) is 18.1. The Labute approximate surface area is 147 Å². The fourth-order valence-corrected chi connectivity index (χ4v) is 3.18. The van der Waals surface area contributed by atoms with E-state index >= 15 is 0 Å². The van der Waals surface area contributed by atoms with Crippen molar-refractivity contribution >= 4 is 23.3 Å². The molecule has 0 atom stereocenters. The van der Waals surface area contributed by atoms with Crippen LogP contribution in [0.4, 0.5) is 0 Å². The highest BCUT2D eigenvalue weighted by Crippen LogP contribution is 2.28. The third-order valence-corrected chi connectivity index (χ3v) is 4.68. The number of allylic oxidation sites excluding steroid dienone is 1. The quantitative estimate of drug-likeness (QED) is 0.757. The highest BCUT2D eigenvalue weighted by atomic mass is 32.1. The summed E-state index contributed by atoms with van der Waals surface area (Å²) in [6, 6.07) is 7.70. The molecule has 1 amide bonds. The van der Waals surface area contributed by atoms with Gasteiger partial charge in [0.25, 0.3) is 5.91 Å². The third kappa shape index (κ3) is 4.61. The second kappa shape index (κ2) is 8.55. The summed E-state index contributed by atoms with van der Waals surface area (Å²) >= 11 is 1.66. The highest BCUT2D eigenvalue weighted by Gasteiger charge is 2.13. The van der Waals surface area contributed by atoms with Crippen LogP contribution < -0.4 is 9.47 Å². The number of nitrogens with zero attached hydrogens (tertiary/aromatic N) is 1. The maximum atomic E-state index is 12.3. The Morgan fingerprint density at radius 2 is 2.08 bits per heavy atom. The molecule has 128 valence electrons. The molecule has 0 saturated heterocycles. The molecule has 24 heavy (non-hydrogen) atoms. The van der Waals surface area contributed by atoms with Crippen LogP contribution in [0.5, 0.6) is 11.5 Å². The summed E-state index contributed by atoms with van der Waals surface area (Å²) in [5.74, 6) is 1.12. The molecule has 0 aliphatic rings. The first-order chi connectivity index (χ1) is 11.5. The van der Waals surface area contributed by atoms with Crippen molar-refractivity contribution in [1.29, 1.82) is 0 Å². The van der Waals surface area contributed by atoms with Gasteiger partial charge < -0.3 is 14.4 Å². The Hall–Kier alpha value is -2.27. The van der Waals surface area contributed by atoms with Crippen LogP contribution in [0.3, 0.4) is 0 Å². The number of amides is 1.